The van der Waals surface area contributed by atoms with Crippen molar-refractivity contribution in [3.63, 3.8) is 0 Å². The summed E-state index contributed by atoms with van der Waals surface area (Å²) in [6.07, 6.45) is 4.96. The largest absolute Gasteiger partial charge is 0.376 e. The molecular weight excluding hydrogens is 286 g/mol. The van der Waals surface area contributed by atoms with E-state index >= 15 is 0 Å². The zero-order valence-corrected chi connectivity index (χ0v) is 13.6. The van der Waals surface area contributed by atoms with Crippen molar-refractivity contribution in [2.45, 2.75) is 26.5 Å². The summed E-state index contributed by atoms with van der Waals surface area (Å²) in [5, 5.41) is 4.46. The molecule has 0 aliphatic carbocycles. The quantitative estimate of drug-likeness (QED) is 0.780. The van der Waals surface area contributed by atoms with Crippen LogP contribution >= 0.6 is 0 Å². The van der Waals surface area contributed by atoms with E-state index in [4.69, 9.17) is 4.74 Å². The molecule has 4 rings (SSSR count). The summed E-state index contributed by atoms with van der Waals surface area (Å²) in [4.78, 5) is 7.78. The zero-order chi connectivity index (χ0) is 15.8. The minimum atomic E-state index is 0.723. The summed E-state index contributed by atoms with van der Waals surface area (Å²) in [7, 11) is 1.99. The molecule has 4 heteroatoms. The Bertz CT molecular complexity index is 866. The van der Waals surface area contributed by atoms with Gasteiger partial charge in [-0.1, -0.05) is 6.07 Å². The fraction of sp³-hybridized carbons (Fsp3) is 0.316. The molecule has 0 spiro atoms. The van der Waals surface area contributed by atoms with Crippen molar-refractivity contribution in [2.24, 2.45) is 0 Å². The number of rotatable bonds is 3. The highest BCUT2D eigenvalue weighted by Gasteiger charge is 2.16. The number of benzene rings is 1. The first-order chi connectivity index (χ1) is 11.3. The summed E-state index contributed by atoms with van der Waals surface area (Å²) < 4.78 is 5.65. The average molecular weight is 307 g/mol. The Morgan fingerprint density at radius 2 is 2.17 bits per heavy atom. The van der Waals surface area contributed by atoms with Crippen LogP contribution in [0.2, 0.25) is 0 Å². The molecule has 0 radical (unpaired) electrons. The zero-order valence-electron chi connectivity index (χ0n) is 13.6. The third-order valence-electron chi connectivity index (χ3n) is 4.64. The van der Waals surface area contributed by atoms with Gasteiger partial charge < -0.3 is 15.0 Å². The summed E-state index contributed by atoms with van der Waals surface area (Å²) in [6.45, 7) is 4.50. The molecule has 0 amide bonds. The highest BCUT2D eigenvalue weighted by atomic mass is 16.5. The lowest BCUT2D eigenvalue weighted by molar-refractivity contribution is 0.110. The number of aromatic amines is 1. The molecule has 118 valence electrons. The number of hydrogen-bond donors (Lipinski definition) is 2. The molecule has 0 saturated carbocycles. The van der Waals surface area contributed by atoms with Gasteiger partial charge in [0.05, 0.1) is 13.2 Å². The van der Waals surface area contributed by atoms with E-state index in [9.17, 15) is 0 Å². The molecule has 2 aromatic heterocycles. The molecule has 0 saturated heterocycles. The van der Waals surface area contributed by atoms with E-state index in [1.807, 2.05) is 19.4 Å². The van der Waals surface area contributed by atoms with E-state index in [1.165, 1.54) is 38.8 Å². The number of ether oxygens (including phenoxy) is 1. The van der Waals surface area contributed by atoms with Gasteiger partial charge >= 0.3 is 0 Å². The Hall–Kier alpha value is -2.17. The van der Waals surface area contributed by atoms with Crippen LogP contribution in [0.1, 0.15) is 22.3 Å². The van der Waals surface area contributed by atoms with Crippen molar-refractivity contribution in [3.8, 4) is 11.1 Å². The minimum absolute atomic E-state index is 0.723. The van der Waals surface area contributed by atoms with Crippen LogP contribution in [-0.4, -0.2) is 23.6 Å². The van der Waals surface area contributed by atoms with Crippen molar-refractivity contribution >= 4 is 11.0 Å². The lowest BCUT2D eigenvalue weighted by Gasteiger charge is -2.21. The second-order valence-electron chi connectivity index (χ2n) is 6.20. The van der Waals surface area contributed by atoms with Gasteiger partial charge in [0.2, 0.25) is 0 Å². The van der Waals surface area contributed by atoms with Crippen molar-refractivity contribution in [3.05, 3.63) is 52.8 Å². The van der Waals surface area contributed by atoms with Gasteiger partial charge in [-0.2, -0.15) is 0 Å². The van der Waals surface area contributed by atoms with Gasteiger partial charge in [0.25, 0.3) is 0 Å². The van der Waals surface area contributed by atoms with Crippen LogP contribution in [0.5, 0.6) is 0 Å². The Morgan fingerprint density at radius 1 is 1.26 bits per heavy atom. The number of hydrogen-bond acceptors (Lipinski definition) is 3. The van der Waals surface area contributed by atoms with E-state index in [1.54, 1.807) is 0 Å². The van der Waals surface area contributed by atoms with Gasteiger partial charge in [-0.25, -0.2) is 4.98 Å². The summed E-state index contributed by atoms with van der Waals surface area (Å²) in [5.74, 6) is 0. The van der Waals surface area contributed by atoms with Crippen LogP contribution < -0.4 is 5.32 Å². The maximum atomic E-state index is 5.65. The van der Waals surface area contributed by atoms with Crippen LogP contribution in [0.25, 0.3) is 22.2 Å². The van der Waals surface area contributed by atoms with E-state index in [0.29, 0.717) is 0 Å². The molecule has 0 bridgehead atoms. The Balaban J connectivity index is 1.86. The lowest BCUT2D eigenvalue weighted by atomic mass is 9.92. The fourth-order valence-electron chi connectivity index (χ4n) is 3.37. The standard InChI is InChI=1S/C19H21N3O/c1-12-8-21-19-17(12)7-15(10-22-19)14-5-13-3-4-23-11-18(13)16(6-14)9-20-2/h5-8,10,20H,3-4,9,11H2,1-2H3,(H,21,22). The number of pyridine rings is 1. The maximum Gasteiger partial charge on any atom is 0.137 e. The molecule has 1 aromatic carbocycles. The van der Waals surface area contributed by atoms with Gasteiger partial charge in [0.15, 0.2) is 0 Å². The second-order valence-corrected chi connectivity index (χ2v) is 6.20. The molecule has 0 atom stereocenters. The van der Waals surface area contributed by atoms with Crippen LogP contribution in [-0.2, 0) is 24.3 Å². The Kier molecular flexibility index (Phi) is 3.63. The molecule has 4 nitrogen and oxygen atoms in total. The number of nitrogens with zero attached hydrogens (tertiary/aromatic N) is 1. The third-order valence-corrected chi connectivity index (χ3v) is 4.64. The number of fused-ring (bicyclic) bond motifs is 2. The fourth-order valence-corrected chi connectivity index (χ4v) is 3.37. The Morgan fingerprint density at radius 3 is 3.04 bits per heavy atom. The molecule has 1 aliphatic rings. The predicted octanol–water partition coefficient (Wildman–Crippen LogP) is 3.33. The SMILES string of the molecule is CNCc1cc(-c2cnc3[nH]cc(C)c3c2)cc2c1COCC2. The van der Waals surface area contributed by atoms with E-state index in [-0.39, 0.29) is 0 Å². The maximum absolute atomic E-state index is 5.65. The average Bonchev–Trinajstić information content (AvgIpc) is 2.96. The first kappa shape index (κ1) is 14.4. The number of aromatic nitrogens is 2. The summed E-state index contributed by atoms with van der Waals surface area (Å²) >= 11 is 0. The van der Waals surface area contributed by atoms with Crippen molar-refractivity contribution in [1.82, 2.24) is 15.3 Å². The minimum Gasteiger partial charge on any atom is -0.376 e. The molecule has 0 fully saturated rings. The number of aryl methyl sites for hydroxylation is 1. The monoisotopic (exact) mass is 307 g/mol. The molecule has 1 aliphatic heterocycles. The van der Waals surface area contributed by atoms with Gasteiger partial charge in [0, 0.05) is 29.9 Å². The summed E-state index contributed by atoms with van der Waals surface area (Å²) in [6, 6.07) is 6.81. The normalized spacial score (nSPS) is 14.2. The lowest BCUT2D eigenvalue weighted by Crippen LogP contribution is -2.16. The van der Waals surface area contributed by atoms with E-state index < -0.39 is 0 Å². The highest BCUT2D eigenvalue weighted by Crippen LogP contribution is 2.30. The number of H-pyrrole nitrogens is 1. The van der Waals surface area contributed by atoms with Crippen molar-refractivity contribution in [1.29, 1.82) is 0 Å². The first-order valence-electron chi connectivity index (χ1n) is 8.07. The van der Waals surface area contributed by atoms with Gasteiger partial charge in [-0.05, 0) is 60.3 Å². The van der Waals surface area contributed by atoms with Crippen LogP contribution in [0.3, 0.4) is 0 Å². The van der Waals surface area contributed by atoms with Gasteiger partial charge in [-0.3, -0.25) is 0 Å². The van der Waals surface area contributed by atoms with Gasteiger partial charge in [0.1, 0.15) is 5.65 Å². The predicted molar refractivity (Wildman–Crippen MR) is 92.4 cm³/mol. The van der Waals surface area contributed by atoms with Crippen molar-refractivity contribution in [2.75, 3.05) is 13.7 Å². The molecule has 23 heavy (non-hydrogen) atoms. The van der Waals surface area contributed by atoms with E-state index in [0.717, 1.165) is 31.8 Å². The smallest absolute Gasteiger partial charge is 0.137 e. The molecular formula is C19H21N3O. The van der Waals surface area contributed by atoms with Gasteiger partial charge in [-0.15, -0.1) is 0 Å². The Labute approximate surface area is 135 Å². The molecule has 3 aromatic rings. The first-order valence-corrected chi connectivity index (χ1v) is 8.07. The third kappa shape index (κ3) is 2.54. The molecule has 0 unspecified atom stereocenters. The van der Waals surface area contributed by atoms with E-state index in [2.05, 4.69) is 40.4 Å². The second kappa shape index (κ2) is 5.80. The van der Waals surface area contributed by atoms with Crippen LogP contribution in [0, 0.1) is 6.92 Å². The molecule has 2 N–H and O–H groups in total. The van der Waals surface area contributed by atoms with Crippen LogP contribution in [0.15, 0.2) is 30.6 Å². The van der Waals surface area contributed by atoms with Crippen LogP contribution in [0.4, 0.5) is 0 Å². The highest BCUT2D eigenvalue weighted by molar-refractivity contribution is 5.84. The topological polar surface area (TPSA) is 49.9 Å². The van der Waals surface area contributed by atoms with Crippen molar-refractivity contribution < 1.29 is 4.74 Å². The number of nitrogens with one attached hydrogen (secondary N) is 2. The summed E-state index contributed by atoms with van der Waals surface area (Å²) in [5.41, 5.74) is 8.68. The molecule has 3 heterocycles.